The Morgan fingerprint density at radius 2 is 1.14 bits per heavy atom. The smallest absolute Gasteiger partial charge is 0.227 e. The van der Waals surface area contributed by atoms with Gasteiger partial charge in [-0.15, -0.1) is 0 Å². The molecule has 0 fully saturated rings. The lowest BCUT2D eigenvalue weighted by Gasteiger charge is -2.09. The van der Waals surface area contributed by atoms with Gasteiger partial charge in [-0.25, -0.2) is 19.9 Å². The van der Waals surface area contributed by atoms with Gasteiger partial charge < -0.3 is 8.83 Å². The van der Waals surface area contributed by atoms with E-state index in [-0.39, 0.29) is 0 Å². The van der Waals surface area contributed by atoms with Crippen molar-refractivity contribution in [2.45, 2.75) is 0 Å². The minimum absolute atomic E-state index is 0.558. The Labute approximate surface area is 251 Å². The second-order valence-electron chi connectivity index (χ2n) is 10.7. The number of furan rings is 1. The summed E-state index contributed by atoms with van der Waals surface area (Å²) in [5.74, 6) is 2.35. The van der Waals surface area contributed by atoms with E-state index in [1.165, 1.54) is 0 Å². The predicted octanol–water partition coefficient (Wildman–Crippen LogP) is 9.73. The molecule has 0 N–H and O–H groups in total. The van der Waals surface area contributed by atoms with Crippen molar-refractivity contribution < 1.29 is 8.83 Å². The van der Waals surface area contributed by atoms with Crippen LogP contribution in [0.1, 0.15) is 0 Å². The van der Waals surface area contributed by atoms with E-state index in [2.05, 4.69) is 24.3 Å². The molecule has 206 valence electrons. The van der Waals surface area contributed by atoms with Crippen molar-refractivity contribution in [3.8, 4) is 45.6 Å². The summed E-state index contributed by atoms with van der Waals surface area (Å²) in [4.78, 5) is 19.7. The molecule has 0 radical (unpaired) electrons. The zero-order valence-corrected chi connectivity index (χ0v) is 23.3. The summed E-state index contributed by atoms with van der Waals surface area (Å²) in [6.45, 7) is 0. The maximum atomic E-state index is 6.37. The standard InChI is InChI=1S/C38H22N4O2/c1-3-11-24(12-4-1)35-40-36(25-13-5-2-6-14-25)42-37(41-35)28-16-9-17-32-33(28)29-22-26(19-21-31(29)43-32)38-39-30-20-18-23-10-7-8-15-27(23)34(30)44-38/h1-22H. The summed E-state index contributed by atoms with van der Waals surface area (Å²) in [7, 11) is 0. The second-order valence-corrected chi connectivity index (χ2v) is 10.7. The molecule has 0 aliphatic carbocycles. The number of hydrogen-bond acceptors (Lipinski definition) is 6. The molecule has 6 aromatic carbocycles. The second kappa shape index (κ2) is 9.71. The van der Waals surface area contributed by atoms with Gasteiger partial charge in [0.25, 0.3) is 0 Å². The van der Waals surface area contributed by atoms with Gasteiger partial charge in [-0.3, -0.25) is 0 Å². The number of oxazole rings is 1. The Balaban J connectivity index is 1.26. The lowest BCUT2D eigenvalue weighted by Crippen LogP contribution is -2.00. The molecule has 0 amide bonds. The van der Waals surface area contributed by atoms with E-state index in [1.54, 1.807) is 0 Å². The SMILES string of the molecule is c1ccc(-c2nc(-c3ccccc3)nc(-c3cccc4oc5ccc(-c6nc7ccc8ccccc8c7o6)cc5c34)n2)cc1. The van der Waals surface area contributed by atoms with E-state index in [0.717, 1.165) is 66.1 Å². The zero-order valence-electron chi connectivity index (χ0n) is 23.3. The minimum atomic E-state index is 0.558. The first kappa shape index (κ1) is 24.5. The van der Waals surface area contributed by atoms with Crippen LogP contribution in [0.15, 0.2) is 142 Å². The largest absolute Gasteiger partial charge is 0.456 e. The van der Waals surface area contributed by atoms with Gasteiger partial charge in [-0.2, -0.15) is 0 Å². The quantitative estimate of drug-likeness (QED) is 0.211. The van der Waals surface area contributed by atoms with Crippen LogP contribution in [0.2, 0.25) is 0 Å². The van der Waals surface area contributed by atoms with Crippen LogP contribution in [0.25, 0.3) is 89.4 Å². The Hall–Kier alpha value is -6.14. The summed E-state index contributed by atoms with van der Waals surface area (Å²) in [5.41, 5.74) is 6.68. The summed E-state index contributed by atoms with van der Waals surface area (Å²) < 4.78 is 12.7. The molecule has 9 rings (SSSR count). The molecule has 0 unspecified atom stereocenters. The number of nitrogens with zero attached hydrogens (tertiary/aromatic N) is 4. The third kappa shape index (κ3) is 3.96. The van der Waals surface area contributed by atoms with Crippen LogP contribution in [-0.4, -0.2) is 19.9 Å². The predicted molar refractivity (Wildman–Crippen MR) is 174 cm³/mol. The fraction of sp³-hybridized carbons (Fsp3) is 0. The van der Waals surface area contributed by atoms with Crippen LogP contribution < -0.4 is 0 Å². The molecule has 6 nitrogen and oxygen atoms in total. The zero-order chi connectivity index (χ0) is 29.0. The normalized spacial score (nSPS) is 11.6. The molecule has 0 saturated carbocycles. The molecule has 0 saturated heterocycles. The Morgan fingerprint density at radius 3 is 1.91 bits per heavy atom. The third-order valence-electron chi connectivity index (χ3n) is 7.96. The molecule has 0 aliphatic rings. The van der Waals surface area contributed by atoms with Gasteiger partial charge >= 0.3 is 0 Å². The summed E-state index contributed by atoms with van der Waals surface area (Å²) >= 11 is 0. The maximum Gasteiger partial charge on any atom is 0.227 e. The molecule has 6 heteroatoms. The Morgan fingerprint density at radius 1 is 0.432 bits per heavy atom. The van der Waals surface area contributed by atoms with E-state index < -0.39 is 0 Å². The number of rotatable bonds is 4. The van der Waals surface area contributed by atoms with Gasteiger partial charge in [0.15, 0.2) is 23.1 Å². The van der Waals surface area contributed by atoms with Crippen LogP contribution in [0.3, 0.4) is 0 Å². The van der Waals surface area contributed by atoms with Gasteiger partial charge in [0.2, 0.25) is 5.89 Å². The van der Waals surface area contributed by atoms with Crippen molar-refractivity contribution in [1.29, 1.82) is 0 Å². The fourth-order valence-corrected chi connectivity index (χ4v) is 5.85. The topological polar surface area (TPSA) is 77.8 Å². The van der Waals surface area contributed by atoms with Crippen LogP contribution in [0, 0.1) is 0 Å². The lowest BCUT2D eigenvalue weighted by molar-refractivity contribution is 0.623. The van der Waals surface area contributed by atoms with Crippen LogP contribution in [-0.2, 0) is 0 Å². The van der Waals surface area contributed by atoms with Crippen LogP contribution in [0.5, 0.6) is 0 Å². The first-order chi connectivity index (χ1) is 21.8. The molecule has 0 atom stereocenters. The van der Waals surface area contributed by atoms with Gasteiger partial charge in [0.1, 0.15) is 16.7 Å². The first-order valence-corrected chi connectivity index (χ1v) is 14.4. The van der Waals surface area contributed by atoms with Crippen LogP contribution in [0.4, 0.5) is 0 Å². The fourth-order valence-electron chi connectivity index (χ4n) is 5.85. The number of benzene rings is 6. The number of fused-ring (bicyclic) bond motifs is 6. The van der Waals surface area contributed by atoms with E-state index >= 15 is 0 Å². The van der Waals surface area contributed by atoms with Crippen molar-refractivity contribution in [3.63, 3.8) is 0 Å². The molecule has 9 aromatic rings. The molecule has 3 aromatic heterocycles. The minimum Gasteiger partial charge on any atom is -0.456 e. The van der Waals surface area contributed by atoms with E-state index in [9.17, 15) is 0 Å². The van der Waals surface area contributed by atoms with Gasteiger partial charge in [-0.05, 0) is 35.7 Å². The number of hydrogen-bond donors (Lipinski definition) is 0. The summed E-state index contributed by atoms with van der Waals surface area (Å²) in [6, 6.07) is 44.3. The average molecular weight is 567 g/mol. The highest BCUT2D eigenvalue weighted by atomic mass is 16.3. The van der Waals surface area contributed by atoms with Gasteiger partial charge in [0, 0.05) is 38.4 Å². The average Bonchev–Trinajstić information content (AvgIpc) is 3.71. The molecule has 0 aliphatic heterocycles. The van der Waals surface area contributed by atoms with E-state index in [4.69, 9.17) is 28.8 Å². The summed E-state index contributed by atoms with van der Waals surface area (Å²) in [6.07, 6.45) is 0. The highest BCUT2D eigenvalue weighted by molar-refractivity contribution is 6.13. The molecule has 0 spiro atoms. The van der Waals surface area contributed by atoms with Crippen molar-refractivity contribution in [3.05, 3.63) is 133 Å². The van der Waals surface area contributed by atoms with Crippen LogP contribution >= 0.6 is 0 Å². The molecular weight excluding hydrogens is 544 g/mol. The molecule has 0 bridgehead atoms. The maximum absolute atomic E-state index is 6.37. The Kier molecular flexibility index (Phi) is 5.40. The van der Waals surface area contributed by atoms with Crippen molar-refractivity contribution >= 4 is 43.8 Å². The monoisotopic (exact) mass is 566 g/mol. The first-order valence-electron chi connectivity index (χ1n) is 14.4. The van der Waals surface area contributed by atoms with E-state index in [1.807, 2.05) is 109 Å². The lowest BCUT2D eigenvalue weighted by atomic mass is 10.0. The molecule has 44 heavy (non-hydrogen) atoms. The Bertz CT molecular complexity index is 2440. The van der Waals surface area contributed by atoms with Crippen molar-refractivity contribution in [2.75, 3.05) is 0 Å². The van der Waals surface area contributed by atoms with Gasteiger partial charge in [0.05, 0.1) is 0 Å². The molecule has 3 heterocycles. The highest BCUT2D eigenvalue weighted by Crippen LogP contribution is 2.39. The molecular formula is C38H22N4O2. The third-order valence-corrected chi connectivity index (χ3v) is 7.96. The van der Waals surface area contributed by atoms with E-state index in [0.29, 0.717) is 23.4 Å². The van der Waals surface area contributed by atoms with Crippen molar-refractivity contribution in [1.82, 2.24) is 19.9 Å². The van der Waals surface area contributed by atoms with Crippen molar-refractivity contribution in [2.24, 2.45) is 0 Å². The van der Waals surface area contributed by atoms with Gasteiger partial charge in [-0.1, -0.05) is 103 Å². The summed E-state index contributed by atoms with van der Waals surface area (Å²) in [5, 5.41) is 4.02. The number of aromatic nitrogens is 4. The highest BCUT2D eigenvalue weighted by Gasteiger charge is 2.19.